The van der Waals surface area contributed by atoms with Crippen LogP contribution in [0.5, 0.6) is 0 Å². The van der Waals surface area contributed by atoms with Crippen molar-refractivity contribution in [2.45, 2.75) is 90.4 Å². The van der Waals surface area contributed by atoms with Gasteiger partial charge in [0.15, 0.2) is 0 Å². The molecule has 0 saturated heterocycles. The number of carboxylic acids is 1. The SMILES string of the molecule is CC=CCCCCCCCCCCCCCC(=O)O. The zero-order chi connectivity index (χ0) is 14.2. The Hall–Kier alpha value is -0.790. The normalized spacial score (nSPS) is 11.2. The number of hydrogen-bond donors (Lipinski definition) is 1. The maximum atomic E-state index is 10.3. The van der Waals surface area contributed by atoms with Crippen LogP contribution in [0.2, 0.25) is 0 Å². The summed E-state index contributed by atoms with van der Waals surface area (Å²) in [6, 6.07) is 0. The third-order valence-electron chi connectivity index (χ3n) is 3.50. The number of aliphatic carboxylic acids is 1. The monoisotopic (exact) mass is 268 g/mol. The lowest BCUT2D eigenvalue weighted by Gasteiger charge is -2.02. The fraction of sp³-hybridized carbons (Fsp3) is 0.824. The van der Waals surface area contributed by atoms with Gasteiger partial charge in [0.25, 0.3) is 0 Å². The van der Waals surface area contributed by atoms with E-state index in [1.54, 1.807) is 0 Å². The van der Waals surface area contributed by atoms with E-state index in [-0.39, 0.29) is 0 Å². The zero-order valence-electron chi connectivity index (χ0n) is 12.7. The summed E-state index contributed by atoms with van der Waals surface area (Å²) in [7, 11) is 0. The summed E-state index contributed by atoms with van der Waals surface area (Å²) in [5, 5.41) is 8.50. The number of carboxylic acid groups (broad SMARTS) is 1. The van der Waals surface area contributed by atoms with Gasteiger partial charge >= 0.3 is 5.97 Å². The van der Waals surface area contributed by atoms with Crippen LogP contribution in [0, 0.1) is 0 Å². The van der Waals surface area contributed by atoms with E-state index in [2.05, 4.69) is 19.1 Å². The van der Waals surface area contributed by atoms with Crippen LogP contribution in [-0.4, -0.2) is 11.1 Å². The van der Waals surface area contributed by atoms with E-state index in [1.807, 2.05) is 0 Å². The minimum atomic E-state index is -0.658. The molecule has 0 unspecified atom stereocenters. The molecule has 0 atom stereocenters. The molecular formula is C17H32O2. The summed E-state index contributed by atoms with van der Waals surface area (Å²) in [6.45, 7) is 2.08. The Labute approximate surface area is 119 Å². The van der Waals surface area contributed by atoms with E-state index in [0.717, 1.165) is 12.8 Å². The molecule has 0 rings (SSSR count). The van der Waals surface area contributed by atoms with Gasteiger partial charge < -0.3 is 5.11 Å². The Morgan fingerprint density at radius 1 is 0.789 bits per heavy atom. The van der Waals surface area contributed by atoms with Gasteiger partial charge in [-0.2, -0.15) is 0 Å². The Morgan fingerprint density at radius 3 is 1.63 bits per heavy atom. The fourth-order valence-electron chi connectivity index (χ4n) is 2.30. The molecule has 0 bridgehead atoms. The average Bonchev–Trinajstić information content (AvgIpc) is 2.39. The number of rotatable bonds is 14. The predicted molar refractivity (Wildman–Crippen MR) is 82.5 cm³/mol. The molecule has 0 heterocycles. The number of unbranched alkanes of at least 4 members (excludes halogenated alkanes) is 11. The van der Waals surface area contributed by atoms with Crippen molar-refractivity contribution in [1.29, 1.82) is 0 Å². The Bertz CT molecular complexity index is 221. The lowest BCUT2D eigenvalue weighted by atomic mass is 10.0. The van der Waals surface area contributed by atoms with Gasteiger partial charge in [-0.3, -0.25) is 4.79 Å². The molecular weight excluding hydrogens is 236 g/mol. The van der Waals surface area contributed by atoms with E-state index in [0.29, 0.717) is 6.42 Å². The van der Waals surface area contributed by atoms with Crippen LogP contribution in [0.3, 0.4) is 0 Å². The summed E-state index contributed by atoms with van der Waals surface area (Å²) >= 11 is 0. The molecule has 0 aromatic heterocycles. The molecule has 0 radical (unpaired) electrons. The van der Waals surface area contributed by atoms with Crippen LogP contribution in [0.15, 0.2) is 12.2 Å². The highest BCUT2D eigenvalue weighted by Crippen LogP contribution is 2.12. The van der Waals surface area contributed by atoms with E-state index in [9.17, 15) is 4.79 Å². The summed E-state index contributed by atoms with van der Waals surface area (Å²) in [5.41, 5.74) is 0. The van der Waals surface area contributed by atoms with E-state index < -0.39 is 5.97 Å². The molecule has 0 amide bonds. The molecule has 0 aromatic carbocycles. The standard InChI is InChI=1S/C17H32O2/c1-2-3-4-5-6-7-8-9-10-11-12-13-14-15-16-17(18)19/h2-3H,4-16H2,1H3,(H,18,19). The second kappa shape index (κ2) is 15.3. The first-order valence-corrected chi connectivity index (χ1v) is 8.10. The topological polar surface area (TPSA) is 37.3 Å². The second-order valence-electron chi connectivity index (χ2n) is 5.39. The van der Waals surface area contributed by atoms with Crippen LogP contribution in [0.25, 0.3) is 0 Å². The minimum absolute atomic E-state index is 0.340. The first-order chi connectivity index (χ1) is 9.27. The largest absolute Gasteiger partial charge is 0.481 e. The lowest BCUT2D eigenvalue weighted by Crippen LogP contribution is -1.93. The summed E-state index contributed by atoms with van der Waals surface area (Å²) in [4.78, 5) is 10.3. The molecule has 2 heteroatoms. The Morgan fingerprint density at radius 2 is 1.21 bits per heavy atom. The van der Waals surface area contributed by atoms with Crippen LogP contribution in [0.4, 0.5) is 0 Å². The third kappa shape index (κ3) is 17.2. The molecule has 0 aliphatic heterocycles. The van der Waals surface area contributed by atoms with E-state index in [4.69, 9.17) is 5.11 Å². The van der Waals surface area contributed by atoms with Gasteiger partial charge in [-0.05, 0) is 26.2 Å². The van der Waals surface area contributed by atoms with Gasteiger partial charge in [-0.15, -0.1) is 0 Å². The van der Waals surface area contributed by atoms with Gasteiger partial charge in [-0.1, -0.05) is 69.9 Å². The molecule has 112 valence electrons. The first kappa shape index (κ1) is 18.2. The molecule has 19 heavy (non-hydrogen) atoms. The van der Waals surface area contributed by atoms with Crippen molar-refractivity contribution in [3.05, 3.63) is 12.2 Å². The second-order valence-corrected chi connectivity index (χ2v) is 5.39. The highest BCUT2D eigenvalue weighted by Gasteiger charge is 1.96. The van der Waals surface area contributed by atoms with Crippen molar-refractivity contribution >= 4 is 5.97 Å². The molecule has 0 aliphatic rings. The smallest absolute Gasteiger partial charge is 0.303 e. The quantitative estimate of drug-likeness (QED) is 0.323. The van der Waals surface area contributed by atoms with Gasteiger partial charge in [-0.25, -0.2) is 0 Å². The maximum Gasteiger partial charge on any atom is 0.303 e. The van der Waals surface area contributed by atoms with Crippen LogP contribution < -0.4 is 0 Å². The predicted octanol–water partition coefficient (Wildman–Crippen LogP) is 5.72. The summed E-state index contributed by atoms with van der Waals surface area (Å²) in [5.74, 6) is -0.658. The Kier molecular flexibility index (Phi) is 14.6. The molecule has 0 aromatic rings. The highest BCUT2D eigenvalue weighted by molar-refractivity contribution is 5.66. The van der Waals surface area contributed by atoms with Gasteiger partial charge in [0.2, 0.25) is 0 Å². The Balaban J connectivity index is 2.97. The first-order valence-electron chi connectivity index (χ1n) is 8.10. The number of hydrogen-bond acceptors (Lipinski definition) is 1. The molecule has 1 N–H and O–H groups in total. The lowest BCUT2D eigenvalue weighted by molar-refractivity contribution is -0.137. The molecule has 0 saturated carbocycles. The highest BCUT2D eigenvalue weighted by atomic mass is 16.4. The van der Waals surface area contributed by atoms with Crippen molar-refractivity contribution in [3.8, 4) is 0 Å². The third-order valence-corrected chi connectivity index (χ3v) is 3.50. The van der Waals surface area contributed by atoms with Gasteiger partial charge in [0.05, 0.1) is 0 Å². The molecule has 2 nitrogen and oxygen atoms in total. The minimum Gasteiger partial charge on any atom is -0.481 e. The number of carbonyl (C=O) groups is 1. The fourth-order valence-corrected chi connectivity index (χ4v) is 2.30. The zero-order valence-corrected chi connectivity index (χ0v) is 12.7. The maximum absolute atomic E-state index is 10.3. The van der Waals surface area contributed by atoms with Crippen molar-refractivity contribution in [2.75, 3.05) is 0 Å². The van der Waals surface area contributed by atoms with E-state index in [1.165, 1.54) is 64.2 Å². The van der Waals surface area contributed by atoms with Gasteiger partial charge in [0.1, 0.15) is 0 Å². The van der Waals surface area contributed by atoms with Crippen LogP contribution in [0.1, 0.15) is 90.4 Å². The summed E-state index contributed by atoms with van der Waals surface area (Å²) < 4.78 is 0. The van der Waals surface area contributed by atoms with Crippen molar-refractivity contribution in [3.63, 3.8) is 0 Å². The van der Waals surface area contributed by atoms with E-state index >= 15 is 0 Å². The number of allylic oxidation sites excluding steroid dienone is 2. The van der Waals surface area contributed by atoms with Crippen LogP contribution in [-0.2, 0) is 4.79 Å². The van der Waals surface area contributed by atoms with Crippen molar-refractivity contribution in [1.82, 2.24) is 0 Å². The van der Waals surface area contributed by atoms with Crippen LogP contribution >= 0.6 is 0 Å². The molecule has 0 aliphatic carbocycles. The van der Waals surface area contributed by atoms with Crippen molar-refractivity contribution in [2.24, 2.45) is 0 Å². The summed E-state index contributed by atoms with van der Waals surface area (Å²) in [6.07, 6.45) is 19.9. The van der Waals surface area contributed by atoms with Gasteiger partial charge in [0, 0.05) is 6.42 Å². The average molecular weight is 268 g/mol. The molecule has 0 spiro atoms. The molecule has 0 fully saturated rings. The van der Waals surface area contributed by atoms with Crippen molar-refractivity contribution < 1.29 is 9.90 Å².